The smallest absolute Gasteiger partial charge is 0.311 e. The van der Waals surface area contributed by atoms with E-state index >= 15 is 0 Å². The third-order valence-electron chi connectivity index (χ3n) is 2.65. The van der Waals surface area contributed by atoms with Crippen molar-refractivity contribution in [3.63, 3.8) is 0 Å². The molecule has 1 saturated heterocycles. The van der Waals surface area contributed by atoms with Crippen molar-refractivity contribution in [2.45, 2.75) is 18.0 Å². The van der Waals surface area contributed by atoms with Crippen molar-refractivity contribution >= 4 is 23.2 Å². The molecule has 1 heterocycles. The van der Waals surface area contributed by atoms with Crippen LogP contribution in [0, 0.1) is 5.82 Å². The molecule has 18 heavy (non-hydrogen) atoms. The molecule has 1 atom stereocenters. The van der Waals surface area contributed by atoms with Crippen molar-refractivity contribution in [2.75, 3.05) is 11.4 Å². The van der Waals surface area contributed by atoms with Crippen LogP contribution in [-0.4, -0.2) is 17.8 Å². The van der Waals surface area contributed by atoms with Crippen LogP contribution < -0.4 is 4.90 Å². The summed E-state index contributed by atoms with van der Waals surface area (Å²) in [7, 11) is 0. The molecule has 1 aromatic carbocycles. The standard InChI is InChI=1S/C11H8ClF4NO/c12-6-3-10(18)17(5-6)7-1-2-8(9(13)4-7)11(14,15)16/h1-2,4,6H,3,5H2. The number of anilines is 1. The highest BCUT2D eigenvalue weighted by Gasteiger charge is 2.35. The first-order valence-electron chi connectivity index (χ1n) is 5.10. The van der Waals surface area contributed by atoms with Crippen LogP contribution in [0.4, 0.5) is 23.2 Å². The second-order valence-corrected chi connectivity index (χ2v) is 4.58. The Hall–Kier alpha value is -1.30. The summed E-state index contributed by atoms with van der Waals surface area (Å²) in [5.74, 6) is -1.72. The second kappa shape index (κ2) is 4.42. The van der Waals surface area contributed by atoms with Gasteiger partial charge in [-0.2, -0.15) is 13.2 Å². The molecule has 7 heteroatoms. The highest BCUT2D eigenvalue weighted by molar-refractivity contribution is 6.24. The lowest BCUT2D eigenvalue weighted by Gasteiger charge is -2.17. The Morgan fingerprint density at radius 1 is 1.33 bits per heavy atom. The number of hydrogen-bond acceptors (Lipinski definition) is 1. The van der Waals surface area contributed by atoms with Gasteiger partial charge in [0.25, 0.3) is 0 Å². The predicted molar refractivity (Wildman–Crippen MR) is 58.0 cm³/mol. The Morgan fingerprint density at radius 2 is 2.00 bits per heavy atom. The number of amides is 1. The van der Waals surface area contributed by atoms with Crippen LogP contribution in [0.2, 0.25) is 0 Å². The molecule has 1 fully saturated rings. The highest BCUT2D eigenvalue weighted by atomic mass is 35.5. The highest BCUT2D eigenvalue weighted by Crippen LogP contribution is 2.34. The summed E-state index contributed by atoms with van der Waals surface area (Å²) < 4.78 is 50.4. The number of carbonyl (C=O) groups is 1. The van der Waals surface area contributed by atoms with E-state index in [1.807, 2.05) is 0 Å². The van der Waals surface area contributed by atoms with E-state index in [-0.39, 0.29) is 24.6 Å². The van der Waals surface area contributed by atoms with E-state index in [4.69, 9.17) is 11.6 Å². The largest absolute Gasteiger partial charge is 0.419 e. The van der Waals surface area contributed by atoms with E-state index in [1.54, 1.807) is 0 Å². The average Bonchev–Trinajstić information content (AvgIpc) is 2.55. The summed E-state index contributed by atoms with van der Waals surface area (Å²) in [6.45, 7) is 0.172. The maximum absolute atomic E-state index is 13.3. The SMILES string of the molecule is O=C1CC(Cl)CN1c1ccc(C(F)(F)F)c(F)c1. The molecule has 98 valence electrons. The molecule has 1 unspecified atom stereocenters. The number of benzene rings is 1. The molecule has 0 spiro atoms. The molecule has 1 aromatic rings. The van der Waals surface area contributed by atoms with Crippen LogP contribution in [0.1, 0.15) is 12.0 Å². The van der Waals surface area contributed by atoms with Gasteiger partial charge >= 0.3 is 6.18 Å². The van der Waals surface area contributed by atoms with Gasteiger partial charge in [0.05, 0.1) is 10.9 Å². The quantitative estimate of drug-likeness (QED) is 0.572. The Morgan fingerprint density at radius 3 is 2.44 bits per heavy atom. The van der Waals surface area contributed by atoms with Crippen LogP contribution in [0.5, 0.6) is 0 Å². The van der Waals surface area contributed by atoms with Gasteiger partial charge in [-0.1, -0.05) is 0 Å². The maximum atomic E-state index is 13.3. The average molecular weight is 282 g/mol. The van der Waals surface area contributed by atoms with Gasteiger partial charge in [-0.25, -0.2) is 4.39 Å². The summed E-state index contributed by atoms with van der Waals surface area (Å²) in [6.07, 6.45) is -4.64. The third kappa shape index (κ3) is 2.43. The summed E-state index contributed by atoms with van der Waals surface area (Å²) in [5, 5.41) is -0.400. The normalized spacial score (nSPS) is 20.6. The van der Waals surface area contributed by atoms with Crippen molar-refractivity contribution < 1.29 is 22.4 Å². The van der Waals surface area contributed by atoms with E-state index in [9.17, 15) is 22.4 Å². The number of nitrogens with zero attached hydrogens (tertiary/aromatic N) is 1. The lowest BCUT2D eigenvalue weighted by atomic mass is 10.1. The fraction of sp³-hybridized carbons (Fsp3) is 0.364. The zero-order valence-electron chi connectivity index (χ0n) is 8.97. The van der Waals surface area contributed by atoms with E-state index < -0.39 is 22.9 Å². The minimum atomic E-state index is -4.74. The molecular weight excluding hydrogens is 274 g/mol. The number of halogens is 5. The van der Waals surface area contributed by atoms with Gasteiger partial charge in [-0.3, -0.25) is 4.79 Å². The predicted octanol–water partition coefficient (Wildman–Crippen LogP) is 3.19. The monoisotopic (exact) mass is 281 g/mol. The number of hydrogen-bond donors (Lipinski definition) is 0. The number of alkyl halides is 4. The Balaban J connectivity index is 2.32. The molecule has 0 saturated carbocycles. The summed E-state index contributed by atoms with van der Waals surface area (Å²) in [4.78, 5) is 12.7. The van der Waals surface area contributed by atoms with Crippen LogP contribution in [0.15, 0.2) is 18.2 Å². The van der Waals surface area contributed by atoms with E-state index in [1.165, 1.54) is 4.90 Å². The molecule has 0 aromatic heterocycles. The molecule has 2 nitrogen and oxygen atoms in total. The van der Waals surface area contributed by atoms with Gasteiger partial charge < -0.3 is 4.90 Å². The molecule has 1 aliphatic rings. The van der Waals surface area contributed by atoms with E-state index in [0.29, 0.717) is 12.1 Å². The first-order chi connectivity index (χ1) is 8.29. The zero-order chi connectivity index (χ0) is 13.5. The van der Waals surface area contributed by atoms with Crippen LogP contribution in [0.3, 0.4) is 0 Å². The topological polar surface area (TPSA) is 20.3 Å². The molecule has 2 rings (SSSR count). The molecule has 1 amide bonds. The first-order valence-corrected chi connectivity index (χ1v) is 5.54. The van der Waals surface area contributed by atoms with Gasteiger partial charge in [-0.05, 0) is 18.2 Å². The molecule has 1 aliphatic heterocycles. The van der Waals surface area contributed by atoms with Crippen molar-refractivity contribution in [2.24, 2.45) is 0 Å². The Bertz CT molecular complexity index is 488. The third-order valence-corrected chi connectivity index (χ3v) is 2.94. The van der Waals surface area contributed by atoms with Gasteiger partial charge in [0.15, 0.2) is 0 Å². The van der Waals surface area contributed by atoms with Crippen molar-refractivity contribution in [3.8, 4) is 0 Å². The zero-order valence-corrected chi connectivity index (χ0v) is 9.72. The van der Waals surface area contributed by atoms with Gasteiger partial charge in [0.2, 0.25) is 5.91 Å². The van der Waals surface area contributed by atoms with Crippen LogP contribution >= 0.6 is 11.6 Å². The first kappa shape index (κ1) is 13.1. The van der Waals surface area contributed by atoms with E-state index in [0.717, 1.165) is 6.07 Å². The molecule has 0 radical (unpaired) electrons. The number of carbonyl (C=O) groups excluding carboxylic acids is 1. The summed E-state index contributed by atoms with van der Waals surface area (Å²) in [5.41, 5.74) is -1.26. The van der Waals surface area contributed by atoms with Gasteiger partial charge in [0.1, 0.15) is 5.82 Å². The summed E-state index contributed by atoms with van der Waals surface area (Å²) in [6, 6.07) is 2.40. The minimum absolute atomic E-state index is 0.0913. The van der Waals surface area contributed by atoms with Crippen LogP contribution in [0.25, 0.3) is 0 Å². The maximum Gasteiger partial charge on any atom is 0.419 e. The second-order valence-electron chi connectivity index (χ2n) is 3.97. The van der Waals surface area contributed by atoms with Crippen molar-refractivity contribution in [3.05, 3.63) is 29.6 Å². The fourth-order valence-corrected chi connectivity index (χ4v) is 2.09. The van der Waals surface area contributed by atoms with Gasteiger partial charge in [-0.15, -0.1) is 11.6 Å². The minimum Gasteiger partial charge on any atom is -0.311 e. The fourth-order valence-electron chi connectivity index (χ4n) is 1.82. The van der Waals surface area contributed by atoms with Crippen molar-refractivity contribution in [1.82, 2.24) is 0 Å². The van der Waals surface area contributed by atoms with E-state index in [2.05, 4.69) is 0 Å². The molecular formula is C11H8ClF4NO. The Kier molecular flexibility index (Phi) is 3.23. The van der Waals surface area contributed by atoms with Crippen LogP contribution in [-0.2, 0) is 11.0 Å². The van der Waals surface area contributed by atoms with Gasteiger partial charge in [0, 0.05) is 18.7 Å². The molecule has 0 bridgehead atoms. The lowest BCUT2D eigenvalue weighted by Crippen LogP contribution is -2.25. The number of rotatable bonds is 1. The molecule has 0 aliphatic carbocycles. The molecule has 0 N–H and O–H groups in total. The Labute approximate surface area is 105 Å². The van der Waals surface area contributed by atoms with Crippen molar-refractivity contribution in [1.29, 1.82) is 0 Å². The summed E-state index contributed by atoms with van der Waals surface area (Å²) >= 11 is 5.76. The lowest BCUT2D eigenvalue weighted by molar-refractivity contribution is -0.139.